The minimum absolute atomic E-state index is 0.136. The molecule has 5 nitrogen and oxygen atoms in total. The first-order valence-electron chi connectivity index (χ1n) is 5.72. The van der Waals surface area contributed by atoms with Crippen LogP contribution >= 0.6 is 11.3 Å². The van der Waals surface area contributed by atoms with E-state index in [1.54, 1.807) is 11.4 Å². The average Bonchev–Trinajstić information content (AvgIpc) is 2.86. The number of carbonyl (C=O) groups excluding carboxylic acids is 1. The van der Waals surface area contributed by atoms with Crippen molar-refractivity contribution in [2.24, 2.45) is 5.73 Å². The molecule has 2 rings (SSSR count). The van der Waals surface area contributed by atoms with Crippen molar-refractivity contribution in [2.75, 3.05) is 5.32 Å². The van der Waals surface area contributed by atoms with Gasteiger partial charge in [0.2, 0.25) is 5.91 Å². The van der Waals surface area contributed by atoms with Crippen LogP contribution in [-0.2, 0) is 6.54 Å². The van der Waals surface area contributed by atoms with Crippen LogP contribution in [0, 0.1) is 11.6 Å². The summed E-state index contributed by atoms with van der Waals surface area (Å²) in [6, 6.07) is 2.93. The van der Waals surface area contributed by atoms with E-state index in [0.29, 0.717) is 16.5 Å². The van der Waals surface area contributed by atoms with Crippen molar-refractivity contribution in [1.29, 1.82) is 0 Å². The average molecular weight is 312 g/mol. The Hall–Kier alpha value is -2.48. The number of amides is 1. The summed E-state index contributed by atoms with van der Waals surface area (Å²) in [7, 11) is 0. The van der Waals surface area contributed by atoms with Crippen LogP contribution in [0.15, 0.2) is 23.6 Å². The van der Waals surface area contributed by atoms with Crippen molar-refractivity contribution in [2.45, 2.75) is 6.54 Å². The number of anilines is 1. The second-order valence-electron chi connectivity index (χ2n) is 4.14. The van der Waals surface area contributed by atoms with E-state index in [-0.39, 0.29) is 12.2 Å². The Morgan fingerprint density at radius 2 is 1.95 bits per heavy atom. The van der Waals surface area contributed by atoms with E-state index in [1.807, 2.05) is 0 Å². The lowest BCUT2D eigenvalue weighted by Gasteiger charge is -2.08. The van der Waals surface area contributed by atoms with Crippen LogP contribution in [0.4, 0.5) is 14.5 Å². The van der Waals surface area contributed by atoms with Gasteiger partial charge in [0.05, 0.1) is 16.8 Å². The van der Waals surface area contributed by atoms with Crippen molar-refractivity contribution in [3.05, 3.63) is 51.2 Å². The molecule has 1 heterocycles. The maximum Gasteiger partial charge on any atom is 0.338 e. The monoisotopic (exact) mass is 312 g/mol. The number of benzene rings is 1. The molecular formula is C13H10F2N2O3S. The highest BCUT2D eigenvalue weighted by Crippen LogP contribution is 2.22. The summed E-state index contributed by atoms with van der Waals surface area (Å²) in [5.74, 6) is -4.09. The highest BCUT2D eigenvalue weighted by atomic mass is 32.1. The van der Waals surface area contributed by atoms with E-state index in [4.69, 9.17) is 10.8 Å². The lowest BCUT2D eigenvalue weighted by Crippen LogP contribution is -2.09. The molecule has 1 aromatic heterocycles. The molecule has 0 aliphatic carbocycles. The molecule has 0 saturated heterocycles. The zero-order valence-corrected chi connectivity index (χ0v) is 11.3. The lowest BCUT2D eigenvalue weighted by atomic mass is 10.1. The topological polar surface area (TPSA) is 92.4 Å². The Labute approximate surface area is 122 Å². The van der Waals surface area contributed by atoms with Crippen LogP contribution in [-0.4, -0.2) is 17.0 Å². The molecule has 8 heteroatoms. The molecule has 0 unspecified atom stereocenters. The van der Waals surface area contributed by atoms with E-state index in [0.717, 1.165) is 6.07 Å². The fourth-order valence-corrected chi connectivity index (χ4v) is 2.45. The quantitative estimate of drug-likeness (QED) is 0.790. The number of aromatic carboxylic acids is 1. The Kier molecular flexibility index (Phi) is 4.18. The van der Waals surface area contributed by atoms with Gasteiger partial charge in [0.25, 0.3) is 0 Å². The number of halogens is 2. The predicted molar refractivity (Wildman–Crippen MR) is 73.5 cm³/mol. The molecule has 0 aliphatic heterocycles. The molecule has 2 aromatic rings. The number of hydrogen-bond donors (Lipinski definition) is 3. The van der Waals surface area contributed by atoms with E-state index in [2.05, 4.69) is 5.32 Å². The molecule has 1 aromatic carbocycles. The zero-order valence-electron chi connectivity index (χ0n) is 10.5. The summed E-state index contributed by atoms with van der Waals surface area (Å²) in [4.78, 5) is 22.4. The summed E-state index contributed by atoms with van der Waals surface area (Å²) in [5.41, 5.74) is 4.69. The molecular weight excluding hydrogens is 302 g/mol. The maximum atomic E-state index is 13.6. The van der Waals surface area contributed by atoms with Gasteiger partial charge < -0.3 is 16.2 Å². The van der Waals surface area contributed by atoms with Gasteiger partial charge in [-0.2, -0.15) is 0 Å². The van der Waals surface area contributed by atoms with Gasteiger partial charge in [0.15, 0.2) is 0 Å². The lowest BCUT2D eigenvalue weighted by molar-refractivity contribution is 0.0691. The molecule has 0 bridgehead atoms. The van der Waals surface area contributed by atoms with Gasteiger partial charge in [-0.3, -0.25) is 4.79 Å². The number of carbonyl (C=O) groups is 2. The second-order valence-corrected chi connectivity index (χ2v) is 5.13. The number of nitrogens with two attached hydrogens (primary N) is 1. The Morgan fingerprint density at radius 3 is 2.52 bits per heavy atom. The smallest absolute Gasteiger partial charge is 0.338 e. The maximum absolute atomic E-state index is 13.6. The normalized spacial score (nSPS) is 10.4. The molecule has 0 atom stereocenters. The number of carboxylic acids is 1. The minimum atomic E-state index is -1.48. The third-order valence-corrected chi connectivity index (χ3v) is 3.62. The van der Waals surface area contributed by atoms with Crippen molar-refractivity contribution in [3.8, 4) is 0 Å². The fourth-order valence-electron chi connectivity index (χ4n) is 1.63. The number of rotatable bonds is 5. The molecule has 0 spiro atoms. The van der Waals surface area contributed by atoms with Crippen LogP contribution in [0.3, 0.4) is 0 Å². The number of primary amides is 1. The van der Waals surface area contributed by atoms with E-state index in [1.165, 1.54) is 11.3 Å². The van der Waals surface area contributed by atoms with Gasteiger partial charge in [0.1, 0.15) is 11.6 Å². The number of nitrogens with one attached hydrogen (secondary N) is 1. The van der Waals surface area contributed by atoms with Gasteiger partial charge >= 0.3 is 5.97 Å². The van der Waals surface area contributed by atoms with Crippen molar-refractivity contribution < 1.29 is 23.5 Å². The summed E-state index contributed by atoms with van der Waals surface area (Å²) in [5, 5.41) is 13.0. The Bertz CT molecular complexity index is 715. The summed E-state index contributed by atoms with van der Waals surface area (Å²) >= 11 is 1.24. The number of hydrogen-bond acceptors (Lipinski definition) is 4. The molecule has 1 amide bonds. The summed E-state index contributed by atoms with van der Waals surface area (Å²) < 4.78 is 26.8. The van der Waals surface area contributed by atoms with Crippen LogP contribution < -0.4 is 11.1 Å². The van der Waals surface area contributed by atoms with E-state index in [9.17, 15) is 18.4 Å². The van der Waals surface area contributed by atoms with Crippen LogP contribution in [0.25, 0.3) is 0 Å². The SMILES string of the molecule is NC(=O)c1csc(CNc2cc(C(=O)O)c(F)cc2F)c1. The predicted octanol–water partition coefficient (Wildman–Crippen LogP) is 2.44. The first kappa shape index (κ1) is 14.9. The molecule has 4 N–H and O–H groups in total. The third-order valence-electron chi connectivity index (χ3n) is 2.68. The first-order chi connectivity index (χ1) is 9.88. The molecule has 110 valence electrons. The van der Waals surface area contributed by atoms with Crippen molar-refractivity contribution >= 4 is 28.9 Å². The number of thiophene rings is 1. The van der Waals surface area contributed by atoms with Gasteiger partial charge in [0, 0.05) is 22.9 Å². The Balaban J connectivity index is 2.17. The summed E-state index contributed by atoms with van der Waals surface area (Å²) in [6.07, 6.45) is 0. The van der Waals surface area contributed by atoms with Crippen LogP contribution in [0.2, 0.25) is 0 Å². The van der Waals surface area contributed by atoms with Gasteiger partial charge in [-0.25, -0.2) is 13.6 Å². The van der Waals surface area contributed by atoms with Crippen LogP contribution in [0.5, 0.6) is 0 Å². The minimum Gasteiger partial charge on any atom is -0.478 e. The molecule has 21 heavy (non-hydrogen) atoms. The highest BCUT2D eigenvalue weighted by molar-refractivity contribution is 7.10. The standard InChI is InChI=1S/C13H10F2N2O3S/c14-9-3-10(15)11(2-8(9)13(19)20)17-4-7-1-6(5-21-7)12(16)18/h1-3,5,17H,4H2,(H2,16,18)(H,19,20). The second kappa shape index (κ2) is 5.88. The van der Waals surface area contributed by atoms with E-state index < -0.39 is 29.1 Å². The largest absolute Gasteiger partial charge is 0.478 e. The zero-order chi connectivity index (χ0) is 15.6. The molecule has 0 radical (unpaired) electrons. The van der Waals surface area contributed by atoms with Crippen molar-refractivity contribution in [3.63, 3.8) is 0 Å². The molecule has 0 saturated carbocycles. The van der Waals surface area contributed by atoms with Crippen molar-refractivity contribution in [1.82, 2.24) is 0 Å². The van der Waals surface area contributed by atoms with Crippen LogP contribution in [0.1, 0.15) is 25.6 Å². The van der Waals surface area contributed by atoms with Gasteiger partial charge in [-0.1, -0.05) is 0 Å². The number of carboxylic acid groups (broad SMARTS) is 1. The molecule has 0 fully saturated rings. The fraction of sp³-hybridized carbons (Fsp3) is 0.0769. The Morgan fingerprint density at radius 1 is 1.24 bits per heavy atom. The van der Waals surface area contributed by atoms with Gasteiger partial charge in [-0.15, -0.1) is 11.3 Å². The highest BCUT2D eigenvalue weighted by Gasteiger charge is 2.15. The molecule has 0 aliphatic rings. The van der Waals surface area contributed by atoms with Gasteiger partial charge in [-0.05, 0) is 12.1 Å². The van der Waals surface area contributed by atoms with E-state index >= 15 is 0 Å². The third kappa shape index (κ3) is 3.34. The summed E-state index contributed by atoms with van der Waals surface area (Å²) in [6.45, 7) is 0.152. The first-order valence-corrected chi connectivity index (χ1v) is 6.60.